The minimum Gasteiger partial charge on any atom is -0.325 e. The van der Waals surface area contributed by atoms with Crippen LogP contribution in [-0.2, 0) is 13.0 Å². The molecule has 5 heteroatoms. The Morgan fingerprint density at radius 2 is 2.04 bits per heavy atom. The van der Waals surface area contributed by atoms with Crippen molar-refractivity contribution in [2.45, 2.75) is 26.8 Å². The van der Waals surface area contributed by atoms with Crippen molar-refractivity contribution in [3.8, 4) is 11.1 Å². The van der Waals surface area contributed by atoms with E-state index in [-0.39, 0.29) is 12.1 Å². The molecule has 5 nitrogen and oxygen atoms in total. The van der Waals surface area contributed by atoms with Crippen molar-refractivity contribution in [2.24, 2.45) is 11.7 Å². The van der Waals surface area contributed by atoms with Gasteiger partial charge in [-0.05, 0) is 35.3 Å². The van der Waals surface area contributed by atoms with Gasteiger partial charge in [-0.2, -0.15) is 5.10 Å². The molecule has 3 N–H and O–H groups in total. The first-order valence-corrected chi connectivity index (χ1v) is 8.49. The van der Waals surface area contributed by atoms with Crippen molar-refractivity contribution in [1.82, 2.24) is 15.2 Å². The summed E-state index contributed by atoms with van der Waals surface area (Å²) in [6.07, 6.45) is 5.07. The summed E-state index contributed by atoms with van der Waals surface area (Å²) in [5, 5.41) is 7.97. The predicted octanol–water partition coefficient (Wildman–Crippen LogP) is 3.04. The number of aromatic amines is 1. The standard InChI is InChI=1S/C20H20N4O/c1-11(2)14-5-6-18-16(14)8-13(10-22-18)12-3-4-15-17(7-12)19(9-21)23-24-20(15)25/h3-5,7-8,10-11H,6,9,21H2,1-2H3,(H,24,25). The molecule has 3 aromatic rings. The molecule has 0 atom stereocenters. The van der Waals surface area contributed by atoms with Gasteiger partial charge in [0.05, 0.1) is 16.8 Å². The van der Waals surface area contributed by atoms with E-state index in [0.717, 1.165) is 28.6 Å². The summed E-state index contributed by atoms with van der Waals surface area (Å²) in [7, 11) is 0. The third kappa shape index (κ3) is 2.57. The summed E-state index contributed by atoms with van der Waals surface area (Å²) in [5.41, 5.74) is 12.0. The van der Waals surface area contributed by atoms with Crippen LogP contribution in [0.4, 0.5) is 0 Å². The summed E-state index contributed by atoms with van der Waals surface area (Å²) in [6.45, 7) is 4.68. The number of nitrogens with two attached hydrogens (primary N) is 1. The van der Waals surface area contributed by atoms with Crippen LogP contribution in [0.5, 0.6) is 0 Å². The molecule has 0 unspecified atom stereocenters. The Labute approximate surface area is 145 Å². The molecule has 0 spiro atoms. The first-order chi connectivity index (χ1) is 12.1. The molecule has 0 amide bonds. The smallest absolute Gasteiger partial charge is 0.272 e. The lowest BCUT2D eigenvalue weighted by Gasteiger charge is -2.11. The van der Waals surface area contributed by atoms with E-state index < -0.39 is 0 Å². The van der Waals surface area contributed by atoms with Gasteiger partial charge in [0.15, 0.2) is 0 Å². The second kappa shape index (κ2) is 5.93. The second-order valence-corrected chi connectivity index (χ2v) is 6.70. The number of hydrogen-bond donors (Lipinski definition) is 2. The SMILES string of the molecule is CC(C)C1=CCc2ncc(-c3ccc4c(=O)[nH]nc(CN)c4c3)cc21. The fraction of sp³-hybridized carbons (Fsp3) is 0.250. The van der Waals surface area contributed by atoms with Crippen molar-refractivity contribution in [3.05, 3.63) is 63.8 Å². The highest BCUT2D eigenvalue weighted by Crippen LogP contribution is 2.34. The van der Waals surface area contributed by atoms with Crippen LogP contribution in [0.3, 0.4) is 0 Å². The van der Waals surface area contributed by atoms with Crippen LogP contribution in [-0.4, -0.2) is 15.2 Å². The van der Waals surface area contributed by atoms with Crippen LogP contribution >= 0.6 is 0 Å². The number of benzene rings is 1. The molecule has 0 aliphatic heterocycles. The Balaban J connectivity index is 1.87. The van der Waals surface area contributed by atoms with Crippen LogP contribution in [0.25, 0.3) is 27.5 Å². The Morgan fingerprint density at radius 1 is 1.20 bits per heavy atom. The van der Waals surface area contributed by atoms with Gasteiger partial charge in [0, 0.05) is 35.7 Å². The number of hydrogen-bond acceptors (Lipinski definition) is 4. The Morgan fingerprint density at radius 3 is 2.80 bits per heavy atom. The largest absolute Gasteiger partial charge is 0.325 e. The number of aromatic nitrogens is 3. The van der Waals surface area contributed by atoms with E-state index in [1.54, 1.807) is 0 Å². The van der Waals surface area contributed by atoms with Crippen LogP contribution in [0.15, 0.2) is 41.3 Å². The van der Waals surface area contributed by atoms with Gasteiger partial charge in [-0.25, -0.2) is 5.10 Å². The lowest BCUT2D eigenvalue weighted by atomic mass is 9.95. The maximum absolute atomic E-state index is 12.0. The van der Waals surface area contributed by atoms with Gasteiger partial charge >= 0.3 is 0 Å². The summed E-state index contributed by atoms with van der Waals surface area (Å²) in [5.74, 6) is 0.474. The van der Waals surface area contributed by atoms with Crippen molar-refractivity contribution in [3.63, 3.8) is 0 Å². The molecule has 1 aromatic carbocycles. The van der Waals surface area contributed by atoms with E-state index in [0.29, 0.717) is 17.0 Å². The quantitative estimate of drug-likeness (QED) is 0.772. The van der Waals surface area contributed by atoms with E-state index in [1.807, 2.05) is 24.4 Å². The lowest BCUT2D eigenvalue weighted by molar-refractivity contribution is 0.857. The number of nitrogens with one attached hydrogen (secondary N) is 1. The molecule has 0 saturated heterocycles. The maximum atomic E-state index is 12.0. The maximum Gasteiger partial charge on any atom is 0.272 e. The average Bonchev–Trinajstić information content (AvgIpc) is 3.05. The minimum atomic E-state index is -0.198. The molecular weight excluding hydrogens is 312 g/mol. The van der Waals surface area contributed by atoms with Gasteiger partial charge in [0.2, 0.25) is 0 Å². The van der Waals surface area contributed by atoms with Gasteiger partial charge < -0.3 is 5.73 Å². The molecule has 4 rings (SSSR count). The van der Waals surface area contributed by atoms with Crippen molar-refractivity contribution in [1.29, 1.82) is 0 Å². The fourth-order valence-electron chi connectivity index (χ4n) is 3.48. The summed E-state index contributed by atoms with van der Waals surface area (Å²) in [4.78, 5) is 16.6. The first kappa shape index (κ1) is 15.7. The Hall–Kier alpha value is -2.79. The highest BCUT2D eigenvalue weighted by atomic mass is 16.1. The van der Waals surface area contributed by atoms with Gasteiger partial charge in [-0.1, -0.05) is 26.0 Å². The minimum absolute atomic E-state index is 0.198. The third-order valence-electron chi connectivity index (χ3n) is 4.81. The molecule has 0 radical (unpaired) electrons. The molecule has 1 aliphatic rings. The molecule has 25 heavy (non-hydrogen) atoms. The van der Waals surface area contributed by atoms with Crippen LogP contribution in [0.1, 0.15) is 30.8 Å². The van der Waals surface area contributed by atoms with Gasteiger partial charge in [0.25, 0.3) is 5.56 Å². The third-order valence-corrected chi connectivity index (χ3v) is 4.81. The number of fused-ring (bicyclic) bond motifs is 2. The van der Waals surface area contributed by atoms with Gasteiger partial charge in [-0.15, -0.1) is 0 Å². The van der Waals surface area contributed by atoms with Crippen LogP contribution in [0.2, 0.25) is 0 Å². The topological polar surface area (TPSA) is 84.7 Å². The molecule has 2 heterocycles. The van der Waals surface area contributed by atoms with Crippen LogP contribution in [0, 0.1) is 5.92 Å². The van der Waals surface area contributed by atoms with Crippen molar-refractivity contribution >= 4 is 16.3 Å². The summed E-state index contributed by atoms with van der Waals surface area (Å²) in [6, 6.07) is 7.97. The zero-order chi connectivity index (χ0) is 17.6. The van der Waals surface area contributed by atoms with E-state index in [9.17, 15) is 4.79 Å². The normalized spacial score (nSPS) is 13.4. The average molecular weight is 332 g/mol. The zero-order valence-electron chi connectivity index (χ0n) is 14.3. The molecule has 1 aliphatic carbocycles. The highest BCUT2D eigenvalue weighted by molar-refractivity contribution is 5.88. The van der Waals surface area contributed by atoms with Crippen LogP contribution < -0.4 is 11.3 Å². The Kier molecular flexibility index (Phi) is 3.73. The monoisotopic (exact) mass is 332 g/mol. The number of rotatable bonds is 3. The van der Waals surface area contributed by atoms with E-state index in [4.69, 9.17) is 5.73 Å². The van der Waals surface area contributed by atoms with Crippen molar-refractivity contribution < 1.29 is 0 Å². The predicted molar refractivity (Wildman–Crippen MR) is 100 cm³/mol. The zero-order valence-corrected chi connectivity index (χ0v) is 14.3. The summed E-state index contributed by atoms with van der Waals surface area (Å²) < 4.78 is 0. The molecule has 0 saturated carbocycles. The Bertz CT molecular complexity index is 1060. The molecule has 126 valence electrons. The lowest BCUT2D eigenvalue weighted by Crippen LogP contribution is -2.13. The fourth-order valence-corrected chi connectivity index (χ4v) is 3.48. The number of allylic oxidation sites excluding steroid dienone is 2. The molecule has 0 bridgehead atoms. The van der Waals surface area contributed by atoms with Gasteiger partial charge in [-0.3, -0.25) is 9.78 Å². The van der Waals surface area contributed by atoms with E-state index in [2.05, 4.69) is 41.2 Å². The second-order valence-electron chi connectivity index (χ2n) is 6.70. The van der Waals surface area contributed by atoms with E-state index in [1.165, 1.54) is 11.1 Å². The summed E-state index contributed by atoms with van der Waals surface area (Å²) >= 11 is 0. The number of pyridine rings is 1. The number of H-pyrrole nitrogens is 1. The highest BCUT2D eigenvalue weighted by Gasteiger charge is 2.18. The van der Waals surface area contributed by atoms with Crippen molar-refractivity contribution in [2.75, 3.05) is 0 Å². The molecular formula is C20H20N4O. The molecule has 0 fully saturated rings. The first-order valence-electron chi connectivity index (χ1n) is 8.49. The molecule has 2 aromatic heterocycles. The van der Waals surface area contributed by atoms with E-state index >= 15 is 0 Å². The van der Waals surface area contributed by atoms with Gasteiger partial charge in [0.1, 0.15) is 0 Å². The number of nitrogens with zero attached hydrogens (tertiary/aromatic N) is 2.